The summed E-state index contributed by atoms with van der Waals surface area (Å²) in [6.45, 7) is 4.18. The number of carbonyl (C=O) groups excluding carboxylic acids is 1. The highest BCUT2D eigenvalue weighted by molar-refractivity contribution is 14.1. The largest absolute Gasteiger partial charge is 0.329 e. The fourth-order valence-corrected chi connectivity index (χ4v) is 1.73. The number of carbonyl (C=O) groups is 1. The van der Waals surface area contributed by atoms with Gasteiger partial charge in [0.25, 0.3) is 0 Å². The van der Waals surface area contributed by atoms with Gasteiger partial charge >= 0.3 is 0 Å². The van der Waals surface area contributed by atoms with Crippen LogP contribution >= 0.6 is 22.6 Å². The van der Waals surface area contributed by atoms with Gasteiger partial charge < -0.3 is 21.7 Å². The topological polar surface area (TPSA) is 79.2 Å². The van der Waals surface area contributed by atoms with Gasteiger partial charge in [0.15, 0.2) is 0 Å². The number of rotatable bonds is 9. The molecule has 0 spiro atoms. The summed E-state index contributed by atoms with van der Waals surface area (Å²) in [5.74, 6) is 0.0254. The van der Waals surface area contributed by atoms with Crippen molar-refractivity contribution in [2.45, 2.75) is 6.54 Å². The van der Waals surface area contributed by atoms with E-state index in [2.05, 4.69) is 16.0 Å². The predicted octanol–water partition coefficient (Wildman–Crippen LogP) is 0.698. The fourth-order valence-electron chi connectivity index (χ4n) is 1.54. The average Bonchev–Trinajstić information content (AvgIpc) is 2.44. The van der Waals surface area contributed by atoms with Crippen LogP contribution in [0, 0.1) is 0 Å². The fraction of sp³-hybridized carbons (Fsp3) is 0.462. The second-order valence-electron chi connectivity index (χ2n) is 4.09. The summed E-state index contributed by atoms with van der Waals surface area (Å²) < 4.78 is 0.469. The van der Waals surface area contributed by atoms with Crippen LogP contribution in [-0.4, -0.2) is 36.5 Å². The van der Waals surface area contributed by atoms with Crippen molar-refractivity contribution in [2.24, 2.45) is 5.73 Å². The lowest BCUT2D eigenvalue weighted by molar-refractivity contribution is -0.113. The van der Waals surface area contributed by atoms with E-state index in [-0.39, 0.29) is 5.91 Å². The zero-order valence-electron chi connectivity index (χ0n) is 10.9. The maximum absolute atomic E-state index is 11.2. The third kappa shape index (κ3) is 7.46. The Morgan fingerprint density at radius 2 is 1.79 bits per heavy atom. The molecule has 0 saturated heterocycles. The Labute approximate surface area is 127 Å². The number of hydrogen-bond donors (Lipinski definition) is 4. The number of halogens is 1. The molecular formula is C13H21IN4O. The van der Waals surface area contributed by atoms with Crippen LogP contribution in [0.4, 0.5) is 5.69 Å². The second-order valence-corrected chi connectivity index (χ2v) is 4.86. The summed E-state index contributed by atoms with van der Waals surface area (Å²) in [6.07, 6.45) is 0. The van der Waals surface area contributed by atoms with E-state index in [1.165, 1.54) is 5.56 Å². The van der Waals surface area contributed by atoms with Gasteiger partial charge in [-0.15, -0.1) is 0 Å². The van der Waals surface area contributed by atoms with Crippen molar-refractivity contribution in [3.05, 3.63) is 29.8 Å². The molecule has 0 aliphatic heterocycles. The lowest BCUT2D eigenvalue weighted by Crippen LogP contribution is -2.30. The molecule has 0 aromatic heterocycles. The minimum absolute atomic E-state index is 0.0254. The molecule has 0 aliphatic rings. The highest BCUT2D eigenvalue weighted by atomic mass is 127. The van der Waals surface area contributed by atoms with Crippen LogP contribution in [0.1, 0.15) is 5.56 Å². The summed E-state index contributed by atoms with van der Waals surface area (Å²) in [7, 11) is 0. The number of hydrogen-bond acceptors (Lipinski definition) is 4. The molecule has 1 aromatic rings. The van der Waals surface area contributed by atoms with Gasteiger partial charge in [-0.2, -0.15) is 0 Å². The molecule has 0 heterocycles. The van der Waals surface area contributed by atoms with Gasteiger partial charge in [0.1, 0.15) is 0 Å². The molecule has 0 aliphatic carbocycles. The quantitative estimate of drug-likeness (QED) is 0.291. The Morgan fingerprint density at radius 1 is 1.11 bits per heavy atom. The predicted molar refractivity (Wildman–Crippen MR) is 87.6 cm³/mol. The molecule has 1 aromatic carbocycles. The van der Waals surface area contributed by atoms with Crippen molar-refractivity contribution in [1.29, 1.82) is 0 Å². The number of benzene rings is 1. The van der Waals surface area contributed by atoms with Crippen LogP contribution in [0.15, 0.2) is 24.3 Å². The maximum Gasteiger partial charge on any atom is 0.234 e. The molecule has 19 heavy (non-hydrogen) atoms. The van der Waals surface area contributed by atoms with Crippen LogP contribution in [0.2, 0.25) is 0 Å². The minimum Gasteiger partial charge on any atom is -0.329 e. The molecule has 1 rings (SSSR count). The Kier molecular flexibility index (Phi) is 8.72. The molecule has 6 heteroatoms. The van der Waals surface area contributed by atoms with Crippen LogP contribution in [0.25, 0.3) is 0 Å². The lowest BCUT2D eigenvalue weighted by atomic mass is 10.2. The minimum atomic E-state index is 0.0254. The van der Waals surface area contributed by atoms with Crippen molar-refractivity contribution in [1.82, 2.24) is 10.6 Å². The van der Waals surface area contributed by atoms with E-state index >= 15 is 0 Å². The molecule has 0 bridgehead atoms. The van der Waals surface area contributed by atoms with Crippen molar-refractivity contribution >= 4 is 34.2 Å². The summed E-state index contributed by atoms with van der Waals surface area (Å²) in [5, 5.41) is 9.38. The van der Waals surface area contributed by atoms with Crippen LogP contribution in [-0.2, 0) is 11.3 Å². The van der Waals surface area contributed by atoms with Gasteiger partial charge in [0.2, 0.25) is 5.91 Å². The molecular weight excluding hydrogens is 355 g/mol. The van der Waals surface area contributed by atoms with Crippen molar-refractivity contribution in [2.75, 3.05) is 35.9 Å². The van der Waals surface area contributed by atoms with Crippen molar-refractivity contribution in [3.8, 4) is 0 Å². The van der Waals surface area contributed by atoms with Gasteiger partial charge in [0.05, 0.1) is 4.43 Å². The Balaban J connectivity index is 2.22. The molecule has 0 unspecified atom stereocenters. The maximum atomic E-state index is 11.2. The number of anilines is 1. The zero-order chi connectivity index (χ0) is 13.9. The Bertz CT molecular complexity index is 369. The molecule has 0 atom stereocenters. The second kappa shape index (κ2) is 10.1. The molecule has 0 radical (unpaired) electrons. The zero-order valence-corrected chi connectivity index (χ0v) is 13.1. The molecule has 5 nitrogen and oxygen atoms in total. The molecule has 0 fully saturated rings. The first-order valence-corrected chi connectivity index (χ1v) is 7.85. The van der Waals surface area contributed by atoms with E-state index < -0.39 is 0 Å². The SMILES string of the molecule is NCCNCCNCc1ccc(NC(=O)CI)cc1. The van der Waals surface area contributed by atoms with E-state index in [1.54, 1.807) is 0 Å². The Hall–Kier alpha value is -0.700. The summed E-state index contributed by atoms with van der Waals surface area (Å²) in [4.78, 5) is 11.2. The van der Waals surface area contributed by atoms with E-state index in [0.29, 0.717) is 11.0 Å². The highest BCUT2D eigenvalue weighted by Crippen LogP contribution is 2.09. The van der Waals surface area contributed by atoms with Gasteiger partial charge in [-0.05, 0) is 17.7 Å². The first-order chi connectivity index (χ1) is 9.26. The van der Waals surface area contributed by atoms with Gasteiger partial charge in [-0.1, -0.05) is 34.7 Å². The molecule has 0 saturated carbocycles. The van der Waals surface area contributed by atoms with Crippen molar-refractivity contribution < 1.29 is 4.79 Å². The number of amides is 1. The molecule has 5 N–H and O–H groups in total. The highest BCUT2D eigenvalue weighted by Gasteiger charge is 1.99. The normalized spacial score (nSPS) is 10.4. The smallest absolute Gasteiger partial charge is 0.234 e. The third-order valence-corrected chi connectivity index (χ3v) is 3.18. The number of nitrogens with two attached hydrogens (primary N) is 1. The first kappa shape index (κ1) is 16.4. The van der Waals surface area contributed by atoms with Crippen molar-refractivity contribution in [3.63, 3.8) is 0 Å². The molecule has 106 valence electrons. The number of alkyl halides is 1. The van der Waals surface area contributed by atoms with E-state index in [4.69, 9.17) is 5.73 Å². The van der Waals surface area contributed by atoms with Crippen LogP contribution < -0.4 is 21.7 Å². The van der Waals surface area contributed by atoms with Gasteiger partial charge in [-0.25, -0.2) is 0 Å². The van der Waals surface area contributed by atoms with Gasteiger partial charge in [-0.3, -0.25) is 4.79 Å². The lowest BCUT2D eigenvalue weighted by Gasteiger charge is -2.07. The van der Waals surface area contributed by atoms with E-state index in [0.717, 1.165) is 31.9 Å². The van der Waals surface area contributed by atoms with Crippen LogP contribution in [0.3, 0.4) is 0 Å². The van der Waals surface area contributed by atoms with E-state index in [9.17, 15) is 4.79 Å². The summed E-state index contributed by atoms with van der Waals surface area (Å²) >= 11 is 2.04. The average molecular weight is 376 g/mol. The van der Waals surface area contributed by atoms with E-state index in [1.807, 2.05) is 46.9 Å². The monoisotopic (exact) mass is 376 g/mol. The number of nitrogens with one attached hydrogen (secondary N) is 3. The van der Waals surface area contributed by atoms with Crippen LogP contribution in [0.5, 0.6) is 0 Å². The third-order valence-electron chi connectivity index (χ3n) is 2.49. The Morgan fingerprint density at radius 3 is 2.42 bits per heavy atom. The molecule has 1 amide bonds. The summed E-state index contributed by atoms with van der Waals surface area (Å²) in [5.41, 5.74) is 7.42. The summed E-state index contributed by atoms with van der Waals surface area (Å²) in [6, 6.07) is 7.88. The van der Waals surface area contributed by atoms with Gasteiger partial charge in [0, 0.05) is 38.4 Å². The standard InChI is InChI=1S/C13H21IN4O/c14-9-13(19)18-12-3-1-11(2-4-12)10-17-8-7-16-6-5-15/h1-4,16-17H,5-10,15H2,(H,18,19). The first-order valence-electron chi connectivity index (χ1n) is 6.32.